The third kappa shape index (κ3) is 5.81. The summed E-state index contributed by atoms with van der Waals surface area (Å²) >= 11 is 5.94. The average molecular weight is 387 g/mol. The topological polar surface area (TPSA) is 69.6 Å². The first-order valence-corrected chi connectivity index (χ1v) is 9.45. The lowest BCUT2D eigenvalue weighted by atomic mass is 10.0. The maximum absolute atomic E-state index is 12.9. The number of carbonyl (C=O) groups excluding carboxylic acids is 1. The summed E-state index contributed by atoms with van der Waals surface area (Å²) in [6.07, 6.45) is 2.40. The predicted molar refractivity (Wildman–Crippen MR) is 105 cm³/mol. The summed E-state index contributed by atoms with van der Waals surface area (Å²) in [5.74, 6) is -1.22. The van der Waals surface area contributed by atoms with Gasteiger partial charge in [0, 0.05) is 24.0 Å². The largest absolute Gasteiger partial charge is 0.480 e. The monoisotopic (exact) mass is 386 g/mol. The maximum Gasteiger partial charge on any atom is 0.326 e. The maximum atomic E-state index is 12.9. The van der Waals surface area contributed by atoms with Crippen molar-refractivity contribution >= 4 is 23.5 Å². The van der Waals surface area contributed by atoms with E-state index < -0.39 is 12.0 Å². The first-order chi connectivity index (χ1) is 13.0. The Balaban J connectivity index is 1.80. The van der Waals surface area contributed by atoms with Crippen LogP contribution in [0.5, 0.6) is 0 Å². The van der Waals surface area contributed by atoms with E-state index in [-0.39, 0.29) is 25.4 Å². The fraction of sp³-hybridized carbons (Fsp3) is 0.333. The third-order valence-electron chi connectivity index (χ3n) is 4.64. The Morgan fingerprint density at radius 1 is 1.07 bits per heavy atom. The van der Waals surface area contributed by atoms with Crippen LogP contribution < -0.4 is 5.32 Å². The second-order valence-electron chi connectivity index (χ2n) is 6.85. The van der Waals surface area contributed by atoms with Gasteiger partial charge in [0.05, 0.1) is 6.54 Å². The fourth-order valence-electron chi connectivity index (χ4n) is 2.95. The molecule has 3 rings (SSSR count). The second-order valence-corrected chi connectivity index (χ2v) is 7.28. The van der Waals surface area contributed by atoms with Crippen LogP contribution in [0.25, 0.3) is 0 Å². The van der Waals surface area contributed by atoms with Crippen LogP contribution in [0, 0.1) is 0 Å². The van der Waals surface area contributed by atoms with Gasteiger partial charge in [0.15, 0.2) is 0 Å². The molecule has 2 aromatic carbocycles. The number of aliphatic carboxylic acids is 1. The molecule has 0 saturated heterocycles. The Morgan fingerprint density at radius 3 is 2.33 bits per heavy atom. The molecular weight excluding hydrogens is 364 g/mol. The molecule has 2 aromatic rings. The first-order valence-electron chi connectivity index (χ1n) is 9.07. The van der Waals surface area contributed by atoms with Gasteiger partial charge in [-0.25, -0.2) is 4.79 Å². The number of amides is 1. The normalized spacial score (nSPS) is 14.6. The molecule has 27 heavy (non-hydrogen) atoms. The number of hydrogen-bond donors (Lipinski definition) is 2. The molecule has 1 atom stereocenters. The van der Waals surface area contributed by atoms with E-state index in [2.05, 4.69) is 5.32 Å². The van der Waals surface area contributed by atoms with E-state index in [1.165, 1.54) is 4.90 Å². The molecule has 1 fully saturated rings. The number of hydrogen-bond acceptors (Lipinski definition) is 3. The van der Waals surface area contributed by atoms with Gasteiger partial charge >= 0.3 is 5.97 Å². The number of nitrogens with zero attached hydrogens (tertiary/aromatic N) is 1. The minimum atomic E-state index is -1.01. The molecular formula is C21H23ClN2O3. The van der Waals surface area contributed by atoms with Gasteiger partial charge in [-0.3, -0.25) is 4.79 Å². The summed E-state index contributed by atoms with van der Waals surface area (Å²) < 4.78 is 0. The number of nitrogens with one attached hydrogen (secondary N) is 1. The molecule has 1 aliphatic carbocycles. The molecule has 0 bridgehead atoms. The van der Waals surface area contributed by atoms with Crippen LogP contribution in [0.15, 0.2) is 54.6 Å². The third-order valence-corrected chi connectivity index (χ3v) is 4.89. The number of carbonyl (C=O) groups is 2. The molecule has 1 amide bonds. The van der Waals surface area contributed by atoms with Crippen LogP contribution in [-0.2, 0) is 22.6 Å². The van der Waals surface area contributed by atoms with Crippen LogP contribution in [0.3, 0.4) is 0 Å². The highest BCUT2D eigenvalue weighted by Crippen LogP contribution is 2.19. The summed E-state index contributed by atoms with van der Waals surface area (Å²) in [5, 5.41) is 13.6. The number of carboxylic acids is 1. The Morgan fingerprint density at radius 2 is 1.74 bits per heavy atom. The van der Waals surface area contributed by atoms with Gasteiger partial charge in [0.1, 0.15) is 6.04 Å². The quantitative estimate of drug-likeness (QED) is 0.694. The molecule has 0 aromatic heterocycles. The van der Waals surface area contributed by atoms with Crippen molar-refractivity contribution in [2.75, 3.05) is 6.54 Å². The second kappa shape index (κ2) is 9.02. The SMILES string of the molecule is O=C(O)[C@H](Cc1ccccc1)N(Cc1ccc(Cl)cc1)C(=O)CNC1CC1. The van der Waals surface area contributed by atoms with Crippen LogP contribution in [0.4, 0.5) is 0 Å². The molecule has 0 aliphatic heterocycles. The Hall–Kier alpha value is -2.37. The number of benzene rings is 2. The molecule has 142 valence electrons. The molecule has 0 heterocycles. The highest BCUT2D eigenvalue weighted by Gasteiger charge is 2.31. The minimum absolute atomic E-state index is 0.150. The van der Waals surface area contributed by atoms with Crippen LogP contribution in [0.1, 0.15) is 24.0 Å². The van der Waals surface area contributed by atoms with Gasteiger partial charge in [-0.1, -0.05) is 54.1 Å². The van der Waals surface area contributed by atoms with E-state index in [9.17, 15) is 14.7 Å². The van der Waals surface area contributed by atoms with E-state index in [1.807, 2.05) is 42.5 Å². The van der Waals surface area contributed by atoms with Gasteiger partial charge < -0.3 is 15.3 Å². The summed E-state index contributed by atoms with van der Waals surface area (Å²) in [5.41, 5.74) is 1.73. The Kier molecular flexibility index (Phi) is 6.48. The van der Waals surface area contributed by atoms with Crippen LogP contribution in [-0.4, -0.2) is 40.5 Å². The minimum Gasteiger partial charge on any atom is -0.480 e. The summed E-state index contributed by atoms with van der Waals surface area (Å²) in [6, 6.07) is 15.9. The van der Waals surface area contributed by atoms with Crippen molar-refractivity contribution in [1.82, 2.24) is 10.2 Å². The van der Waals surface area contributed by atoms with E-state index in [4.69, 9.17) is 11.6 Å². The number of rotatable bonds is 9. The van der Waals surface area contributed by atoms with Crippen molar-refractivity contribution in [3.8, 4) is 0 Å². The molecule has 0 spiro atoms. The summed E-state index contributed by atoms with van der Waals surface area (Å²) in [7, 11) is 0. The lowest BCUT2D eigenvalue weighted by Crippen LogP contribution is -2.49. The van der Waals surface area contributed by atoms with Crippen molar-refractivity contribution in [1.29, 1.82) is 0 Å². The molecule has 0 radical (unpaired) electrons. The van der Waals surface area contributed by atoms with E-state index in [1.54, 1.807) is 12.1 Å². The lowest BCUT2D eigenvalue weighted by Gasteiger charge is -2.29. The summed E-state index contributed by atoms with van der Waals surface area (Å²) in [6.45, 7) is 0.378. The van der Waals surface area contributed by atoms with E-state index >= 15 is 0 Å². The Bertz CT molecular complexity index is 776. The van der Waals surface area contributed by atoms with Gasteiger partial charge in [0.25, 0.3) is 0 Å². The standard InChI is InChI=1S/C21H23ClN2O3/c22-17-8-6-16(7-9-17)14-24(20(25)13-23-18-10-11-18)19(21(26)27)12-15-4-2-1-3-5-15/h1-9,18-19,23H,10-14H2,(H,26,27)/t19-/m0/s1. The van der Waals surface area contributed by atoms with Crippen molar-refractivity contribution in [2.24, 2.45) is 0 Å². The van der Waals surface area contributed by atoms with Crippen molar-refractivity contribution < 1.29 is 14.7 Å². The van der Waals surface area contributed by atoms with E-state index in [0.29, 0.717) is 11.1 Å². The van der Waals surface area contributed by atoms with Gasteiger partial charge in [0.2, 0.25) is 5.91 Å². The molecule has 6 heteroatoms. The van der Waals surface area contributed by atoms with Crippen LogP contribution >= 0.6 is 11.6 Å². The lowest BCUT2D eigenvalue weighted by molar-refractivity contribution is -0.150. The molecule has 1 aliphatic rings. The molecule has 1 saturated carbocycles. The van der Waals surface area contributed by atoms with Crippen molar-refractivity contribution in [3.05, 3.63) is 70.7 Å². The van der Waals surface area contributed by atoms with Gasteiger partial charge in [-0.15, -0.1) is 0 Å². The first kappa shape index (κ1) is 19.4. The average Bonchev–Trinajstić information content (AvgIpc) is 3.49. The molecule has 5 nitrogen and oxygen atoms in total. The predicted octanol–water partition coefficient (Wildman–Crippen LogP) is 3.12. The van der Waals surface area contributed by atoms with Crippen molar-refractivity contribution in [3.63, 3.8) is 0 Å². The van der Waals surface area contributed by atoms with Crippen LogP contribution in [0.2, 0.25) is 5.02 Å². The Labute approximate surface area is 163 Å². The zero-order valence-corrected chi connectivity index (χ0v) is 15.7. The van der Waals surface area contributed by atoms with E-state index in [0.717, 1.165) is 24.0 Å². The zero-order valence-electron chi connectivity index (χ0n) is 15.0. The zero-order chi connectivity index (χ0) is 19.2. The molecule has 0 unspecified atom stereocenters. The number of carboxylic acid groups (broad SMARTS) is 1. The van der Waals surface area contributed by atoms with Crippen molar-refractivity contribution in [2.45, 2.75) is 37.9 Å². The van der Waals surface area contributed by atoms with Gasteiger partial charge in [-0.2, -0.15) is 0 Å². The fourth-order valence-corrected chi connectivity index (χ4v) is 3.07. The number of halogens is 1. The highest BCUT2D eigenvalue weighted by molar-refractivity contribution is 6.30. The van der Waals surface area contributed by atoms with Gasteiger partial charge in [-0.05, 0) is 36.1 Å². The highest BCUT2D eigenvalue weighted by atomic mass is 35.5. The summed E-state index contributed by atoms with van der Waals surface area (Å²) in [4.78, 5) is 26.3. The smallest absolute Gasteiger partial charge is 0.326 e. The molecule has 2 N–H and O–H groups in total.